The average Bonchev–Trinajstić information content (AvgIpc) is 2.16. The summed E-state index contributed by atoms with van der Waals surface area (Å²) in [5.41, 5.74) is -0.424. The quantitative estimate of drug-likeness (QED) is 0.768. The second-order valence-electron chi connectivity index (χ2n) is 6.59. The Balaban J connectivity index is 1.94. The minimum absolute atomic E-state index is 0.205. The molecule has 2 rings (SSSR count). The van der Waals surface area contributed by atoms with E-state index in [1.54, 1.807) is 0 Å². The molecule has 2 N–H and O–H groups in total. The Hall–Kier alpha value is -0.120. The average molecular weight is 227 g/mol. The Morgan fingerprint density at radius 2 is 2.12 bits per heavy atom. The molecule has 0 bridgehead atoms. The molecule has 3 atom stereocenters. The molecule has 94 valence electrons. The van der Waals surface area contributed by atoms with Gasteiger partial charge < -0.3 is 15.2 Å². The number of rotatable bonds is 3. The van der Waals surface area contributed by atoms with Gasteiger partial charge in [-0.25, -0.2) is 0 Å². The van der Waals surface area contributed by atoms with Gasteiger partial charge in [0.25, 0.3) is 0 Å². The van der Waals surface area contributed by atoms with Crippen molar-refractivity contribution in [2.24, 2.45) is 11.3 Å². The van der Waals surface area contributed by atoms with Crippen molar-refractivity contribution in [3.8, 4) is 0 Å². The van der Waals surface area contributed by atoms with Crippen molar-refractivity contribution in [2.75, 3.05) is 13.2 Å². The van der Waals surface area contributed by atoms with Crippen molar-refractivity contribution in [1.29, 1.82) is 0 Å². The van der Waals surface area contributed by atoms with Crippen molar-refractivity contribution in [3.63, 3.8) is 0 Å². The van der Waals surface area contributed by atoms with Gasteiger partial charge >= 0.3 is 0 Å². The molecule has 1 heterocycles. The number of fused-ring (bicyclic) bond motifs is 1. The first-order chi connectivity index (χ1) is 7.32. The lowest BCUT2D eigenvalue weighted by Gasteiger charge is -2.60. The van der Waals surface area contributed by atoms with Crippen LogP contribution in [0.2, 0.25) is 0 Å². The van der Waals surface area contributed by atoms with Crippen molar-refractivity contribution in [2.45, 2.75) is 58.3 Å². The summed E-state index contributed by atoms with van der Waals surface area (Å²) < 4.78 is 5.85. The highest BCUT2D eigenvalue weighted by atomic mass is 16.5. The van der Waals surface area contributed by atoms with Crippen LogP contribution in [0.25, 0.3) is 0 Å². The van der Waals surface area contributed by atoms with Crippen molar-refractivity contribution in [3.05, 3.63) is 0 Å². The minimum atomic E-state index is -0.628. The zero-order chi connectivity index (χ0) is 12.0. The van der Waals surface area contributed by atoms with Crippen LogP contribution in [0.4, 0.5) is 0 Å². The van der Waals surface area contributed by atoms with Gasteiger partial charge in [-0.05, 0) is 26.7 Å². The monoisotopic (exact) mass is 227 g/mol. The van der Waals surface area contributed by atoms with E-state index in [0.717, 1.165) is 6.61 Å². The smallest absolute Gasteiger partial charge is 0.0715 e. The summed E-state index contributed by atoms with van der Waals surface area (Å²) in [5, 5.41) is 13.3. The summed E-state index contributed by atoms with van der Waals surface area (Å²) >= 11 is 0. The first-order valence-electron chi connectivity index (χ1n) is 6.40. The lowest BCUT2D eigenvalue weighted by molar-refractivity contribution is -0.194. The number of nitrogens with one attached hydrogen (secondary N) is 1. The van der Waals surface area contributed by atoms with Crippen molar-refractivity contribution in [1.82, 2.24) is 5.32 Å². The fraction of sp³-hybridized carbons (Fsp3) is 1.00. The Morgan fingerprint density at radius 1 is 1.44 bits per heavy atom. The van der Waals surface area contributed by atoms with Crippen LogP contribution in [0.15, 0.2) is 0 Å². The van der Waals surface area contributed by atoms with Crippen molar-refractivity contribution < 1.29 is 9.84 Å². The summed E-state index contributed by atoms with van der Waals surface area (Å²) in [4.78, 5) is 0. The highest BCUT2D eigenvalue weighted by molar-refractivity contribution is 5.10. The van der Waals surface area contributed by atoms with Gasteiger partial charge in [0.1, 0.15) is 0 Å². The maximum Gasteiger partial charge on any atom is 0.0715 e. The van der Waals surface area contributed by atoms with E-state index in [1.165, 1.54) is 12.8 Å². The van der Waals surface area contributed by atoms with Gasteiger partial charge in [-0.3, -0.25) is 0 Å². The molecule has 1 aliphatic heterocycles. The van der Waals surface area contributed by atoms with Gasteiger partial charge in [0.05, 0.1) is 11.7 Å². The van der Waals surface area contributed by atoms with E-state index < -0.39 is 5.60 Å². The van der Waals surface area contributed by atoms with E-state index in [4.69, 9.17) is 4.74 Å². The Morgan fingerprint density at radius 3 is 2.75 bits per heavy atom. The molecule has 1 saturated heterocycles. The van der Waals surface area contributed by atoms with Gasteiger partial charge in [-0.1, -0.05) is 13.8 Å². The molecule has 0 aromatic rings. The zero-order valence-corrected chi connectivity index (χ0v) is 10.9. The highest BCUT2D eigenvalue weighted by Crippen LogP contribution is 2.51. The van der Waals surface area contributed by atoms with E-state index in [9.17, 15) is 5.11 Å². The minimum Gasteiger partial charge on any atom is -0.389 e. The van der Waals surface area contributed by atoms with Crippen LogP contribution in [-0.4, -0.2) is 36.0 Å². The first kappa shape index (κ1) is 12.3. The van der Waals surface area contributed by atoms with Crippen LogP contribution in [0, 0.1) is 11.3 Å². The Labute approximate surface area is 98.6 Å². The maximum atomic E-state index is 9.76. The number of hydrogen-bond acceptors (Lipinski definition) is 3. The van der Waals surface area contributed by atoms with Crippen LogP contribution >= 0.6 is 0 Å². The molecular weight excluding hydrogens is 202 g/mol. The SMILES string of the molecule is CC(C)(O)CNC1C2CCCOC2C1(C)C. The number of aliphatic hydroxyl groups is 1. The topological polar surface area (TPSA) is 41.5 Å². The largest absolute Gasteiger partial charge is 0.389 e. The van der Waals surface area contributed by atoms with Crippen LogP contribution in [0.1, 0.15) is 40.5 Å². The molecule has 3 unspecified atom stereocenters. The molecule has 1 saturated carbocycles. The third-order valence-corrected chi connectivity index (χ3v) is 4.09. The van der Waals surface area contributed by atoms with Crippen molar-refractivity contribution >= 4 is 0 Å². The second-order valence-corrected chi connectivity index (χ2v) is 6.59. The fourth-order valence-electron chi connectivity index (χ4n) is 3.30. The summed E-state index contributed by atoms with van der Waals surface area (Å²) in [6.45, 7) is 9.80. The molecule has 0 aromatic carbocycles. The molecule has 16 heavy (non-hydrogen) atoms. The lowest BCUT2D eigenvalue weighted by Crippen LogP contribution is -2.70. The van der Waals surface area contributed by atoms with Gasteiger partial charge in [0.15, 0.2) is 0 Å². The first-order valence-corrected chi connectivity index (χ1v) is 6.40. The molecule has 3 heteroatoms. The van der Waals surface area contributed by atoms with E-state index in [-0.39, 0.29) is 5.41 Å². The van der Waals surface area contributed by atoms with E-state index in [2.05, 4.69) is 19.2 Å². The second kappa shape index (κ2) is 3.97. The molecule has 2 fully saturated rings. The van der Waals surface area contributed by atoms with Crippen LogP contribution in [0.5, 0.6) is 0 Å². The summed E-state index contributed by atoms with van der Waals surface area (Å²) in [6, 6.07) is 0.490. The number of hydrogen-bond donors (Lipinski definition) is 2. The fourth-order valence-corrected chi connectivity index (χ4v) is 3.30. The molecule has 2 aliphatic rings. The van der Waals surface area contributed by atoms with Gasteiger partial charge in [0.2, 0.25) is 0 Å². The maximum absolute atomic E-state index is 9.76. The molecule has 1 aliphatic carbocycles. The third kappa shape index (κ3) is 2.13. The Bertz CT molecular complexity index is 257. The molecule has 0 aromatic heterocycles. The van der Waals surface area contributed by atoms with Gasteiger partial charge in [-0.2, -0.15) is 0 Å². The molecule has 0 spiro atoms. The molecular formula is C13H25NO2. The van der Waals surface area contributed by atoms with Crippen LogP contribution < -0.4 is 5.32 Å². The molecule has 3 nitrogen and oxygen atoms in total. The van der Waals surface area contributed by atoms with Crippen LogP contribution in [0.3, 0.4) is 0 Å². The predicted octanol–water partition coefficient (Wildman–Crippen LogP) is 1.55. The van der Waals surface area contributed by atoms with E-state index in [1.807, 2.05) is 13.8 Å². The van der Waals surface area contributed by atoms with Crippen LogP contribution in [-0.2, 0) is 4.74 Å². The van der Waals surface area contributed by atoms with Gasteiger partial charge in [0, 0.05) is 30.5 Å². The van der Waals surface area contributed by atoms with E-state index in [0.29, 0.717) is 24.6 Å². The lowest BCUT2D eigenvalue weighted by atomic mass is 9.55. The summed E-state index contributed by atoms with van der Waals surface area (Å²) in [6.07, 6.45) is 2.86. The summed E-state index contributed by atoms with van der Waals surface area (Å²) in [5.74, 6) is 0.645. The third-order valence-electron chi connectivity index (χ3n) is 4.09. The standard InChI is InChI=1S/C13H25NO2/c1-12(2,15)8-14-10-9-6-5-7-16-11(9)13(10,3)4/h9-11,14-15H,5-8H2,1-4H3. The predicted molar refractivity (Wildman–Crippen MR) is 64.3 cm³/mol. The molecule has 0 amide bonds. The summed E-state index contributed by atoms with van der Waals surface area (Å²) in [7, 11) is 0. The number of ether oxygens (including phenoxy) is 1. The normalized spacial score (nSPS) is 37.7. The molecule has 0 radical (unpaired) electrons. The highest BCUT2D eigenvalue weighted by Gasteiger charge is 2.57. The van der Waals surface area contributed by atoms with Gasteiger partial charge in [-0.15, -0.1) is 0 Å². The Kier molecular flexibility index (Phi) is 3.06. The van der Waals surface area contributed by atoms with E-state index >= 15 is 0 Å². The zero-order valence-electron chi connectivity index (χ0n) is 10.9.